The lowest BCUT2D eigenvalue weighted by Crippen LogP contribution is -2.55. The van der Waals surface area contributed by atoms with Gasteiger partial charge in [0.2, 0.25) is 0 Å². The topological polar surface area (TPSA) is 51.7 Å². The van der Waals surface area contributed by atoms with Gasteiger partial charge >= 0.3 is 6.09 Å². The van der Waals surface area contributed by atoms with Gasteiger partial charge in [-0.05, 0) is 45.7 Å². The van der Waals surface area contributed by atoms with Crippen LogP contribution in [0.3, 0.4) is 0 Å². The van der Waals surface area contributed by atoms with Crippen molar-refractivity contribution in [1.82, 2.24) is 9.88 Å². The van der Waals surface area contributed by atoms with Gasteiger partial charge in [0.15, 0.2) is 0 Å². The second-order valence-corrected chi connectivity index (χ2v) is 6.50. The molecule has 1 atom stereocenters. The quantitative estimate of drug-likeness (QED) is 0.856. The van der Waals surface area contributed by atoms with E-state index in [4.69, 9.17) is 9.47 Å². The lowest BCUT2D eigenvalue weighted by Gasteiger charge is -2.41. The first kappa shape index (κ1) is 16.5. The van der Waals surface area contributed by atoms with Crippen LogP contribution in [0, 0.1) is 6.92 Å². The van der Waals surface area contributed by atoms with E-state index in [1.807, 2.05) is 20.8 Å². The third kappa shape index (κ3) is 4.08. The minimum absolute atomic E-state index is 0.0102. The van der Waals surface area contributed by atoms with E-state index in [0.29, 0.717) is 24.6 Å². The first-order chi connectivity index (χ1) is 10.3. The van der Waals surface area contributed by atoms with E-state index in [-0.39, 0.29) is 12.1 Å². The number of hydrogen-bond donors (Lipinski definition) is 0. The van der Waals surface area contributed by atoms with Crippen molar-refractivity contribution in [3.8, 4) is 5.75 Å². The Morgan fingerprint density at radius 1 is 1.50 bits per heavy atom. The third-order valence-electron chi connectivity index (χ3n) is 3.50. The summed E-state index contributed by atoms with van der Waals surface area (Å²) in [6.07, 6.45) is 2.08. The summed E-state index contributed by atoms with van der Waals surface area (Å²) < 4.78 is 23.6. The van der Waals surface area contributed by atoms with Crippen LogP contribution in [0.2, 0.25) is 0 Å². The Morgan fingerprint density at radius 3 is 2.73 bits per heavy atom. The molecule has 1 fully saturated rings. The molecule has 0 unspecified atom stereocenters. The summed E-state index contributed by atoms with van der Waals surface area (Å²) >= 11 is 0. The number of rotatable bonds is 4. The Bertz CT molecular complexity index is 543. The van der Waals surface area contributed by atoms with Gasteiger partial charge in [-0.2, -0.15) is 0 Å². The summed E-state index contributed by atoms with van der Waals surface area (Å²) in [4.78, 5) is 17.7. The van der Waals surface area contributed by atoms with Crippen molar-refractivity contribution in [3.63, 3.8) is 0 Å². The van der Waals surface area contributed by atoms with Gasteiger partial charge in [0.1, 0.15) is 24.6 Å². The molecule has 22 heavy (non-hydrogen) atoms. The maximum atomic E-state index is 12.6. The van der Waals surface area contributed by atoms with E-state index in [2.05, 4.69) is 4.98 Å². The highest BCUT2D eigenvalue weighted by Crippen LogP contribution is 2.23. The second-order valence-electron chi connectivity index (χ2n) is 6.50. The average molecular weight is 310 g/mol. The minimum Gasteiger partial charge on any atom is -0.490 e. The molecule has 0 bridgehead atoms. The number of ether oxygens (including phenoxy) is 2. The number of nitrogens with zero attached hydrogens (tertiary/aromatic N) is 2. The van der Waals surface area contributed by atoms with Crippen molar-refractivity contribution in [3.05, 3.63) is 23.5 Å². The molecule has 2 rings (SSSR count). The number of likely N-dealkylation sites (tertiary alicyclic amines) is 1. The number of alkyl halides is 1. The predicted octanol–water partition coefficient (Wildman–Crippen LogP) is 3.25. The van der Waals surface area contributed by atoms with Crippen molar-refractivity contribution in [1.29, 1.82) is 0 Å². The highest BCUT2D eigenvalue weighted by atomic mass is 19.1. The monoisotopic (exact) mass is 310 g/mol. The molecule has 122 valence electrons. The summed E-state index contributed by atoms with van der Waals surface area (Å²) in [7, 11) is 0. The smallest absolute Gasteiger partial charge is 0.410 e. The molecule has 1 saturated heterocycles. The maximum Gasteiger partial charge on any atom is 0.410 e. The van der Waals surface area contributed by atoms with Crippen molar-refractivity contribution in [2.45, 2.75) is 52.4 Å². The van der Waals surface area contributed by atoms with Gasteiger partial charge in [0, 0.05) is 6.54 Å². The molecule has 2 heterocycles. The summed E-state index contributed by atoms with van der Waals surface area (Å²) in [5, 5.41) is 0. The van der Waals surface area contributed by atoms with Crippen LogP contribution in [0.25, 0.3) is 0 Å². The fourth-order valence-corrected chi connectivity index (χ4v) is 2.16. The molecule has 0 radical (unpaired) electrons. The summed E-state index contributed by atoms with van der Waals surface area (Å²) in [6.45, 7) is 7.81. The number of amides is 1. The molecular formula is C16H23FN2O3. The van der Waals surface area contributed by atoms with E-state index in [9.17, 15) is 9.18 Å². The fourth-order valence-electron chi connectivity index (χ4n) is 2.16. The highest BCUT2D eigenvalue weighted by Gasteiger charge is 2.35. The van der Waals surface area contributed by atoms with E-state index in [1.165, 1.54) is 6.20 Å². The van der Waals surface area contributed by atoms with Crippen LogP contribution in [0.4, 0.5) is 9.18 Å². The van der Waals surface area contributed by atoms with E-state index in [1.54, 1.807) is 17.9 Å². The molecule has 0 saturated carbocycles. The van der Waals surface area contributed by atoms with Crippen LogP contribution in [-0.2, 0) is 11.4 Å². The van der Waals surface area contributed by atoms with Crippen molar-refractivity contribution in [2.24, 2.45) is 0 Å². The van der Waals surface area contributed by atoms with Crippen LogP contribution in [0.1, 0.15) is 38.4 Å². The minimum atomic E-state index is -0.582. The molecule has 0 aliphatic carbocycles. The van der Waals surface area contributed by atoms with Gasteiger partial charge in [-0.25, -0.2) is 9.18 Å². The number of carbonyl (C=O) groups excluding carboxylic acids is 1. The summed E-state index contributed by atoms with van der Waals surface area (Å²) in [5.74, 6) is 0.589. The molecular weight excluding hydrogens is 287 g/mol. The molecule has 1 aromatic heterocycles. The molecule has 1 aliphatic heterocycles. The van der Waals surface area contributed by atoms with Gasteiger partial charge in [-0.3, -0.25) is 4.98 Å². The lowest BCUT2D eigenvalue weighted by atomic mass is 10.1. The zero-order chi connectivity index (χ0) is 16.3. The number of carbonyl (C=O) groups is 1. The number of aromatic nitrogens is 1. The molecule has 1 amide bonds. The Hall–Kier alpha value is -1.85. The first-order valence-corrected chi connectivity index (χ1v) is 7.44. The average Bonchev–Trinajstić information content (AvgIpc) is 2.35. The normalized spacial score (nSPS) is 17.9. The van der Waals surface area contributed by atoms with E-state index < -0.39 is 12.3 Å². The largest absolute Gasteiger partial charge is 0.490 e. The molecule has 5 nitrogen and oxygen atoms in total. The molecule has 6 heteroatoms. The van der Waals surface area contributed by atoms with Crippen molar-refractivity contribution < 1.29 is 18.7 Å². The van der Waals surface area contributed by atoms with Gasteiger partial charge in [-0.15, -0.1) is 0 Å². The van der Waals surface area contributed by atoms with Crippen molar-refractivity contribution >= 4 is 6.09 Å². The lowest BCUT2D eigenvalue weighted by molar-refractivity contribution is -0.0141. The van der Waals surface area contributed by atoms with Gasteiger partial charge < -0.3 is 14.4 Å². The van der Waals surface area contributed by atoms with Gasteiger partial charge in [0.05, 0.1) is 17.9 Å². The van der Waals surface area contributed by atoms with Crippen LogP contribution in [-0.4, -0.2) is 40.8 Å². The number of pyridine rings is 1. The van der Waals surface area contributed by atoms with Crippen LogP contribution < -0.4 is 4.74 Å². The summed E-state index contributed by atoms with van der Waals surface area (Å²) in [6, 6.07) is 1.77. The number of aryl methyl sites for hydroxylation is 1. The standard InChI is InChI=1S/C16H23FN2O3/c1-11-7-13(9-18-14(11)8-17)21-10-12-5-6-19(12)15(20)22-16(2,3)4/h7,9,12H,5-6,8,10H2,1-4H3/t12-/m0/s1. The predicted molar refractivity (Wildman–Crippen MR) is 80.6 cm³/mol. The second kappa shape index (κ2) is 6.50. The third-order valence-corrected chi connectivity index (χ3v) is 3.50. The van der Waals surface area contributed by atoms with Crippen LogP contribution in [0.15, 0.2) is 12.3 Å². The Labute approximate surface area is 130 Å². The van der Waals surface area contributed by atoms with Crippen LogP contribution in [0.5, 0.6) is 5.75 Å². The Balaban J connectivity index is 1.87. The van der Waals surface area contributed by atoms with E-state index >= 15 is 0 Å². The van der Waals surface area contributed by atoms with Crippen LogP contribution >= 0.6 is 0 Å². The number of halogens is 1. The van der Waals surface area contributed by atoms with Gasteiger partial charge in [-0.1, -0.05) is 0 Å². The van der Waals surface area contributed by atoms with Gasteiger partial charge in [0.25, 0.3) is 0 Å². The molecule has 1 aliphatic rings. The Kier molecular flexibility index (Phi) is 4.88. The molecule has 1 aromatic rings. The Morgan fingerprint density at radius 2 is 2.23 bits per heavy atom. The SMILES string of the molecule is Cc1cc(OC[C@@H]2CCN2C(=O)OC(C)(C)C)cnc1CF. The molecule has 0 aromatic carbocycles. The zero-order valence-electron chi connectivity index (χ0n) is 13.6. The maximum absolute atomic E-state index is 12.6. The molecule has 0 N–H and O–H groups in total. The van der Waals surface area contributed by atoms with Crippen molar-refractivity contribution in [2.75, 3.05) is 13.2 Å². The zero-order valence-corrected chi connectivity index (χ0v) is 13.6. The highest BCUT2D eigenvalue weighted by molar-refractivity contribution is 5.69. The number of hydrogen-bond acceptors (Lipinski definition) is 4. The van der Waals surface area contributed by atoms with E-state index in [0.717, 1.165) is 12.0 Å². The fraction of sp³-hybridized carbons (Fsp3) is 0.625. The molecule has 0 spiro atoms. The first-order valence-electron chi connectivity index (χ1n) is 7.44. The summed E-state index contributed by atoms with van der Waals surface area (Å²) in [5.41, 5.74) is 0.686.